The summed E-state index contributed by atoms with van der Waals surface area (Å²) in [6, 6.07) is 6.81. The van der Waals surface area contributed by atoms with E-state index in [0.29, 0.717) is 12.5 Å². The van der Waals surface area contributed by atoms with Crippen LogP contribution in [-0.2, 0) is 4.74 Å². The molecule has 0 amide bonds. The Morgan fingerprint density at radius 3 is 2.65 bits per heavy atom. The van der Waals surface area contributed by atoms with E-state index in [1.807, 2.05) is 6.07 Å². The predicted octanol–water partition coefficient (Wildman–Crippen LogP) is 3.24. The van der Waals surface area contributed by atoms with Gasteiger partial charge in [0.05, 0.1) is 6.61 Å². The van der Waals surface area contributed by atoms with Gasteiger partial charge in [0.2, 0.25) is 0 Å². The van der Waals surface area contributed by atoms with Gasteiger partial charge in [0.15, 0.2) is 0 Å². The summed E-state index contributed by atoms with van der Waals surface area (Å²) >= 11 is 0. The van der Waals surface area contributed by atoms with E-state index in [9.17, 15) is 17.6 Å². The molecule has 1 aliphatic rings. The number of rotatable bonds is 6. The third-order valence-electron chi connectivity index (χ3n) is 3.40. The fourth-order valence-electron chi connectivity index (χ4n) is 2.34. The third-order valence-corrected chi connectivity index (χ3v) is 3.40. The van der Waals surface area contributed by atoms with Gasteiger partial charge in [0.25, 0.3) is 0 Å². The molecule has 0 heterocycles. The van der Waals surface area contributed by atoms with Crippen molar-refractivity contribution in [1.29, 1.82) is 0 Å². The molecule has 20 heavy (non-hydrogen) atoms. The molecule has 1 aromatic rings. The topological polar surface area (TPSA) is 21.3 Å². The van der Waals surface area contributed by atoms with Crippen LogP contribution in [-0.4, -0.2) is 32.0 Å². The standard InChI is InChI=1S/C14H17F4NO/c15-12-3-1-2-10(6-12)11-7-13(8-11)19-4-5-20-9-14(16,17)18/h1-3,6,11,13,19H,4-5,7-9H2. The molecule has 1 N–H and O–H groups in total. The quantitative estimate of drug-likeness (QED) is 0.642. The van der Waals surface area contributed by atoms with E-state index >= 15 is 0 Å². The summed E-state index contributed by atoms with van der Waals surface area (Å²) in [4.78, 5) is 0. The Balaban J connectivity index is 1.58. The van der Waals surface area contributed by atoms with Gasteiger partial charge < -0.3 is 10.1 Å². The summed E-state index contributed by atoms with van der Waals surface area (Å²) in [5, 5.41) is 3.13. The van der Waals surface area contributed by atoms with Crippen LogP contribution in [0.4, 0.5) is 17.6 Å². The summed E-state index contributed by atoms with van der Waals surface area (Å²) in [6.45, 7) is -0.761. The molecule has 0 bridgehead atoms. The number of nitrogens with one attached hydrogen (secondary N) is 1. The number of halogens is 4. The van der Waals surface area contributed by atoms with Gasteiger partial charge in [0, 0.05) is 12.6 Å². The zero-order valence-electron chi connectivity index (χ0n) is 10.9. The molecule has 1 aromatic carbocycles. The maximum atomic E-state index is 13.0. The van der Waals surface area contributed by atoms with Crippen molar-refractivity contribution in [1.82, 2.24) is 5.32 Å². The average Bonchev–Trinajstić information content (AvgIpc) is 2.29. The third kappa shape index (κ3) is 4.76. The largest absolute Gasteiger partial charge is 0.411 e. The summed E-state index contributed by atoms with van der Waals surface area (Å²) in [6.07, 6.45) is -2.51. The lowest BCUT2D eigenvalue weighted by Crippen LogP contribution is -2.41. The van der Waals surface area contributed by atoms with Gasteiger partial charge in [-0.2, -0.15) is 13.2 Å². The molecule has 0 spiro atoms. The van der Waals surface area contributed by atoms with Gasteiger partial charge in [-0.15, -0.1) is 0 Å². The summed E-state index contributed by atoms with van der Waals surface area (Å²) in [7, 11) is 0. The van der Waals surface area contributed by atoms with Crippen LogP contribution in [0.3, 0.4) is 0 Å². The molecule has 1 fully saturated rings. The first kappa shape index (κ1) is 15.3. The lowest BCUT2D eigenvalue weighted by molar-refractivity contribution is -0.173. The molecule has 0 aromatic heterocycles. The highest BCUT2D eigenvalue weighted by atomic mass is 19.4. The van der Waals surface area contributed by atoms with Crippen molar-refractivity contribution in [2.75, 3.05) is 19.8 Å². The van der Waals surface area contributed by atoms with E-state index in [2.05, 4.69) is 10.1 Å². The highest BCUT2D eigenvalue weighted by Gasteiger charge is 2.30. The van der Waals surface area contributed by atoms with Gasteiger partial charge in [0.1, 0.15) is 12.4 Å². The Bertz CT molecular complexity index is 429. The number of benzene rings is 1. The van der Waals surface area contributed by atoms with Crippen molar-refractivity contribution in [3.63, 3.8) is 0 Å². The zero-order chi connectivity index (χ0) is 14.6. The van der Waals surface area contributed by atoms with E-state index in [4.69, 9.17) is 0 Å². The molecule has 0 atom stereocenters. The molecule has 2 rings (SSSR count). The van der Waals surface area contributed by atoms with E-state index < -0.39 is 12.8 Å². The molecule has 6 heteroatoms. The molecule has 2 nitrogen and oxygen atoms in total. The van der Waals surface area contributed by atoms with Crippen LogP contribution >= 0.6 is 0 Å². The zero-order valence-corrected chi connectivity index (χ0v) is 10.9. The summed E-state index contributed by atoms with van der Waals surface area (Å²) in [5.41, 5.74) is 0.983. The van der Waals surface area contributed by atoms with Crippen molar-refractivity contribution in [2.24, 2.45) is 0 Å². The Kier molecular flexibility index (Phi) is 4.99. The minimum atomic E-state index is -4.26. The fourth-order valence-corrected chi connectivity index (χ4v) is 2.34. The van der Waals surface area contributed by atoms with Gasteiger partial charge >= 0.3 is 6.18 Å². The van der Waals surface area contributed by atoms with Gasteiger partial charge in [-0.05, 0) is 36.5 Å². The normalized spacial score (nSPS) is 22.6. The molecule has 0 unspecified atom stereocenters. The predicted molar refractivity (Wildman–Crippen MR) is 67.0 cm³/mol. The van der Waals surface area contributed by atoms with Gasteiger partial charge in [-0.3, -0.25) is 0 Å². The summed E-state index contributed by atoms with van der Waals surface area (Å²) in [5.74, 6) is 0.0961. The van der Waals surface area contributed by atoms with Crippen molar-refractivity contribution >= 4 is 0 Å². The maximum absolute atomic E-state index is 13.0. The monoisotopic (exact) mass is 291 g/mol. The maximum Gasteiger partial charge on any atom is 0.411 e. The van der Waals surface area contributed by atoms with Crippen molar-refractivity contribution in [3.8, 4) is 0 Å². The van der Waals surface area contributed by atoms with E-state index in [1.165, 1.54) is 12.1 Å². The van der Waals surface area contributed by atoms with Gasteiger partial charge in [-0.25, -0.2) is 4.39 Å². The fraction of sp³-hybridized carbons (Fsp3) is 0.571. The molecule has 0 aliphatic heterocycles. The first-order valence-corrected chi connectivity index (χ1v) is 6.57. The van der Waals surface area contributed by atoms with Crippen LogP contribution in [0.15, 0.2) is 24.3 Å². The lowest BCUT2D eigenvalue weighted by Gasteiger charge is -2.36. The SMILES string of the molecule is Fc1cccc(C2CC(NCCOCC(F)(F)F)C2)c1. The minimum absolute atomic E-state index is 0.0423. The molecule has 1 aliphatic carbocycles. The minimum Gasteiger partial charge on any atom is -0.371 e. The smallest absolute Gasteiger partial charge is 0.371 e. The lowest BCUT2D eigenvalue weighted by atomic mass is 9.76. The molecule has 0 saturated heterocycles. The average molecular weight is 291 g/mol. The number of ether oxygens (including phenoxy) is 1. The first-order valence-electron chi connectivity index (χ1n) is 6.57. The Labute approximate surface area is 115 Å². The Hall–Kier alpha value is -1.14. The second-order valence-electron chi connectivity index (χ2n) is 5.04. The van der Waals surface area contributed by atoms with Crippen molar-refractivity contribution < 1.29 is 22.3 Å². The second-order valence-corrected chi connectivity index (χ2v) is 5.04. The Morgan fingerprint density at radius 2 is 2.00 bits per heavy atom. The number of hydrogen-bond donors (Lipinski definition) is 1. The van der Waals surface area contributed by atoms with Crippen molar-refractivity contribution in [2.45, 2.75) is 31.0 Å². The number of alkyl halides is 3. The summed E-state index contributed by atoms with van der Waals surface area (Å²) < 4.78 is 53.0. The first-order chi connectivity index (χ1) is 9.44. The molecule has 0 radical (unpaired) electrons. The van der Waals surface area contributed by atoms with Crippen LogP contribution in [0.25, 0.3) is 0 Å². The molecular formula is C14H17F4NO. The highest BCUT2D eigenvalue weighted by Crippen LogP contribution is 2.36. The van der Waals surface area contributed by atoms with E-state index in [1.54, 1.807) is 6.07 Å². The highest BCUT2D eigenvalue weighted by molar-refractivity contribution is 5.23. The van der Waals surface area contributed by atoms with Crippen LogP contribution in [0.2, 0.25) is 0 Å². The van der Waals surface area contributed by atoms with Crippen molar-refractivity contribution in [3.05, 3.63) is 35.6 Å². The van der Waals surface area contributed by atoms with Crippen LogP contribution in [0.1, 0.15) is 24.3 Å². The van der Waals surface area contributed by atoms with Crippen LogP contribution in [0.5, 0.6) is 0 Å². The van der Waals surface area contributed by atoms with E-state index in [0.717, 1.165) is 18.4 Å². The second kappa shape index (κ2) is 6.54. The molecule has 112 valence electrons. The number of hydrogen-bond acceptors (Lipinski definition) is 2. The molecular weight excluding hydrogens is 274 g/mol. The van der Waals surface area contributed by atoms with Crippen LogP contribution in [0, 0.1) is 5.82 Å². The Morgan fingerprint density at radius 1 is 1.25 bits per heavy atom. The molecule has 1 saturated carbocycles. The van der Waals surface area contributed by atoms with E-state index in [-0.39, 0.29) is 18.5 Å². The van der Waals surface area contributed by atoms with Gasteiger partial charge in [-0.1, -0.05) is 12.1 Å². The van der Waals surface area contributed by atoms with Crippen LogP contribution < -0.4 is 5.32 Å².